The predicted molar refractivity (Wildman–Crippen MR) is 88.5 cm³/mol. The highest BCUT2D eigenvalue weighted by atomic mass is 16.5. The topological polar surface area (TPSA) is 60.3 Å². The lowest BCUT2D eigenvalue weighted by molar-refractivity contribution is -0.118. The van der Waals surface area contributed by atoms with Crippen molar-refractivity contribution in [3.8, 4) is 0 Å². The van der Waals surface area contributed by atoms with Crippen molar-refractivity contribution in [1.29, 1.82) is 0 Å². The molecule has 0 spiro atoms. The molecule has 120 valence electrons. The third-order valence-electron chi connectivity index (χ3n) is 3.93. The largest absolute Gasteiger partial charge is 0.378 e. The molecule has 1 aliphatic rings. The zero-order chi connectivity index (χ0) is 16.1. The minimum Gasteiger partial charge on any atom is -0.378 e. The summed E-state index contributed by atoms with van der Waals surface area (Å²) in [6, 6.07) is 13.2. The van der Waals surface area contributed by atoms with E-state index in [0.29, 0.717) is 25.3 Å². The van der Waals surface area contributed by atoms with E-state index in [0.717, 1.165) is 18.4 Å². The van der Waals surface area contributed by atoms with Gasteiger partial charge in [0.15, 0.2) is 0 Å². The van der Waals surface area contributed by atoms with Crippen molar-refractivity contribution in [1.82, 2.24) is 4.57 Å². The normalized spacial score (nSPS) is 17.1. The fourth-order valence-corrected chi connectivity index (χ4v) is 2.75. The Morgan fingerprint density at radius 1 is 1.22 bits per heavy atom. The summed E-state index contributed by atoms with van der Waals surface area (Å²) >= 11 is 0. The van der Waals surface area contributed by atoms with Gasteiger partial charge in [0.25, 0.3) is 5.56 Å². The van der Waals surface area contributed by atoms with Crippen molar-refractivity contribution in [2.45, 2.75) is 31.9 Å². The number of hydrogen-bond acceptors (Lipinski definition) is 3. The molecule has 1 amide bonds. The van der Waals surface area contributed by atoms with Crippen molar-refractivity contribution < 1.29 is 9.53 Å². The molecule has 0 bridgehead atoms. The third kappa shape index (κ3) is 4.07. The van der Waals surface area contributed by atoms with Gasteiger partial charge in [-0.3, -0.25) is 9.59 Å². The number of nitrogens with zero attached hydrogens (tertiary/aromatic N) is 1. The number of anilines is 1. The van der Waals surface area contributed by atoms with Gasteiger partial charge >= 0.3 is 0 Å². The number of hydrogen-bond donors (Lipinski definition) is 1. The van der Waals surface area contributed by atoms with Gasteiger partial charge in [0.2, 0.25) is 5.91 Å². The molecule has 5 nitrogen and oxygen atoms in total. The van der Waals surface area contributed by atoms with E-state index >= 15 is 0 Å². The Morgan fingerprint density at radius 3 is 2.78 bits per heavy atom. The van der Waals surface area contributed by atoms with Crippen LogP contribution in [0.5, 0.6) is 0 Å². The maximum absolute atomic E-state index is 12.5. The molecule has 1 saturated heterocycles. The number of ether oxygens (including phenoxy) is 1. The number of nitrogens with one attached hydrogen (secondary N) is 1. The molecule has 5 heteroatoms. The molecular weight excluding hydrogens is 292 g/mol. The van der Waals surface area contributed by atoms with Crippen molar-refractivity contribution in [3.05, 3.63) is 64.6 Å². The van der Waals surface area contributed by atoms with E-state index < -0.39 is 0 Å². The van der Waals surface area contributed by atoms with Gasteiger partial charge in [0.05, 0.1) is 19.1 Å². The summed E-state index contributed by atoms with van der Waals surface area (Å²) in [6.45, 7) is 1.20. The summed E-state index contributed by atoms with van der Waals surface area (Å²) in [4.78, 5) is 24.5. The second-order valence-electron chi connectivity index (χ2n) is 5.73. The van der Waals surface area contributed by atoms with Crippen LogP contribution in [0.1, 0.15) is 24.8 Å². The highest BCUT2D eigenvalue weighted by Gasteiger charge is 2.19. The Bertz CT molecular complexity index is 719. The van der Waals surface area contributed by atoms with Crippen LogP contribution >= 0.6 is 0 Å². The molecule has 3 rings (SSSR count). The van der Waals surface area contributed by atoms with Crippen LogP contribution in [-0.4, -0.2) is 23.2 Å². The molecule has 0 aliphatic carbocycles. The molecule has 0 radical (unpaired) electrons. The van der Waals surface area contributed by atoms with Crippen molar-refractivity contribution >= 4 is 11.6 Å². The van der Waals surface area contributed by atoms with E-state index in [2.05, 4.69) is 5.32 Å². The van der Waals surface area contributed by atoms with Crippen molar-refractivity contribution in [3.63, 3.8) is 0 Å². The summed E-state index contributed by atoms with van der Waals surface area (Å²) in [5.74, 6) is -0.175. The number of rotatable bonds is 5. The summed E-state index contributed by atoms with van der Waals surface area (Å²) in [7, 11) is 0. The average molecular weight is 312 g/mol. The Labute approximate surface area is 134 Å². The summed E-state index contributed by atoms with van der Waals surface area (Å²) in [6.07, 6.45) is 3.90. The highest BCUT2D eigenvalue weighted by molar-refractivity contribution is 5.90. The monoisotopic (exact) mass is 312 g/mol. The summed E-state index contributed by atoms with van der Waals surface area (Å²) in [5.41, 5.74) is 1.15. The SMILES string of the molecule is O=C(CC1CCCO1)Nc1cccn(Cc2ccccc2)c1=O. The van der Waals surface area contributed by atoms with Gasteiger partial charge in [-0.25, -0.2) is 0 Å². The predicted octanol–water partition coefficient (Wildman–Crippen LogP) is 2.40. The van der Waals surface area contributed by atoms with Gasteiger partial charge in [-0.05, 0) is 30.5 Å². The van der Waals surface area contributed by atoms with Crippen LogP contribution in [-0.2, 0) is 16.1 Å². The number of carbonyl (C=O) groups excluding carboxylic acids is 1. The van der Waals surface area contributed by atoms with Gasteiger partial charge in [0.1, 0.15) is 5.69 Å². The van der Waals surface area contributed by atoms with Crippen LogP contribution in [0.2, 0.25) is 0 Å². The summed E-state index contributed by atoms with van der Waals surface area (Å²) in [5, 5.41) is 2.71. The maximum Gasteiger partial charge on any atom is 0.274 e. The van der Waals surface area contributed by atoms with E-state index in [1.807, 2.05) is 30.3 Å². The second kappa shape index (κ2) is 7.24. The van der Waals surface area contributed by atoms with Crippen LogP contribution < -0.4 is 10.9 Å². The van der Waals surface area contributed by atoms with Crippen LogP contribution in [0.15, 0.2) is 53.5 Å². The molecule has 1 aromatic heterocycles. The van der Waals surface area contributed by atoms with Gasteiger partial charge in [-0.1, -0.05) is 30.3 Å². The van der Waals surface area contributed by atoms with Crippen LogP contribution in [0.25, 0.3) is 0 Å². The minimum absolute atomic E-state index is 0.0229. The maximum atomic E-state index is 12.5. The number of aromatic nitrogens is 1. The van der Waals surface area contributed by atoms with Crippen LogP contribution in [0.3, 0.4) is 0 Å². The molecule has 1 aliphatic heterocycles. The van der Waals surface area contributed by atoms with Crippen molar-refractivity contribution in [2.75, 3.05) is 11.9 Å². The molecule has 0 saturated carbocycles. The molecule has 2 aromatic rings. The number of amides is 1. The van der Waals surface area contributed by atoms with Gasteiger partial charge in [0, 0.05) is 12.8 Å². The van der Waals surface area contributed by atoms with E-state index in [9.17, 15) is 9.59 Å². The van der Waals surface area contributed by atoms with E-state index in [-0.39, 0.29) is 17.6 Å². The Morgan fingerprint density at radius 2 is 2.04 bits per heavy atom. The van der Waals surface area contributed by atoms with E-state index in [1.54, 1.807) is 22.9 Å². The lowest BCUT2D eigenvalue weighted by Crippen LogP contribution is -2.27. The zero-order valence-corrected chi connectivity index (χ0v) is 12.9. The number of pyridine rings is 1. The Balaban J connectivity index is 1.69. The molecular formula is C18H20N2O3. The standard InChI is InChI=1S/C18H20N2O3/c21-17(12-15-8-5-11-23-15)19-16-9-4-10-20(18(16)22)13-14-6-2-1-3-7-14/h1-4,6-7,9-10,15H,5,8,11-13H2,(H,19,21). The first-order valence-electron chi connectivity index (χ1n) is 7.87. The lowest BCUT2D eigenvalue weighted by atomic mass is 10.2. The zero-order valence-electron chi connectivity index (χ0n) is 12.9. The molecule has 1 atom stereocenters. The molecule has 2 heterocycles. The third-order valence-corrected chi connectivity index (χ3v) is 3.93. The molecule has 1 N–H and O–H groups in total. The fraction of sp³-hybridized carbons (Fsp3) is 0.333. The van der Waals surface area contributed by atoms with E-state index in [1.165, 1.54) is 0 Å². The second-order valence-corrected chi connectivity index (χ2v) is 5.73. The highest BCUT2D eigenvalue weighted by Crippen LogP contribution is 2.15. The number of benzene rings is 1. The average Bonchev–Trinajstić information content (AvgIpc) is 3.05. The smallest absolute Gasteiger partial charge is 0.274 e. The van der Waals surface area contributed by atoms with Crippen LogP contribution in [0.4, 0.5) is 5.69 Å². The minimum atomic E-state index is -0.197. The first kappa shape index (κ1) is 15.5. The first-order chi connectivity index (χ1) is 11.2. The van der Waals surface area contributed by atoms with Gasteiger partial charge in [-0.15, -0.1) is 0 Å². The summed E-state index contributed by atoms with van der Waals surface area (Å²) < 4.78 is 7.04. The Hall–Kier alpha value is -2.40. The van der Waals surface area contributed by atoms with Gasteiger partial charge < -0.3 is 14.6 Å². The van der Waals surface area contributed by atoms with Crippen LogP contribution in [0, 0.1) is 0 Å². The quantitative estimate of drug-likeness (QED) is 0.922. The molecule has 1 unspecified atom stereocenters. The van der Waals surface area contributed by atoms with E-state index in [4.69, 9.17) is 4.74 Å². The molecule has 1 fully saturated rings. The molecule has 1 aromatic carbocycles. The number of carbonyl (C=O) groups is 1. The Kier molecular flexibility index (Phi) is 4.88. The van der Waals surface area contributed by atoms with Crippen molar-refractivity contribution in [2.24, 2.45) is 0 Å². The fourth-order valence-electron chi connectivity index (χ4n) is 2.75. The molecule has 23 heavy (non-hydrogen) atoms. The first-order valence-corrected chi connectivity index (χ1v) is 7.87. The van der Waals surface area contributed by atoms with Gasteiger partial charge in [-0.2, -0.15) is 0 Å². The lowest BCUT2D eigenvalue weighted by Gasteiger charge is -2.11.